The van der Waals surface area contributed by atoms with E-state index in [0.29, 0.717) is 23.9 Å². The van der Waals surface area contributed by atoms with Crippen molar-refractivity contribution >= 4 is 5.95 Å². The summed E-state index contributed by atoms with van der Waals surface area (Å²) in [5.74, 6) is 1.76. The van der Waals surface area contributed by atoms with Gasteiger partial charge in [-0.2, -0.15) is 4.98 Å². The molecule has 0 bridgehead atoms. The molecular weight excluding hydrogens is 230 g/mol. The Kier molecular flexibility index (Phi) is 4.36. The van der Waals surface area contributed by atoms with Gasteiger partial charge in [0.2, 0.25) is 11.8 Å². The van der Waals surface area contributed by atoms with Crippen LogP contribution in [0.15, 0.2) is 12.3 Å². The fraction of sp³-hybridized carbons (Fsp3) is 0.692. The summed E-state index contributed by atoms with van der Waals surface area (Å²) in [5.41, 5.74) is 0. The third-order valence-electron chi connectivity index (χ3n) is 3.04. The van der Waals surface area contributed by atoms with Gasteiger partial charge in [-0.1, -0.05) is 0 Å². The normalized spacial score (nSPS) is 23.3. The predicted molar refractivity (Wildman–Crippen MR) is 69.8 cm³/mol. The Balaban J connectivity index is 1.88. The van der Waals surface area contributed by atoms with Crippen molar-refractivity contribution in [2.45, 2.75) is 39.4 Å². The first-order chi connectivity index (χ1) is 8.65. The average Bonchev–Trinajstić information content (AvgIpc) is 2.72. The maximum Gasteiger partial charge on any atom is 0.225 e. The van der Waals surface area contributed by atoms with Gasteiger partial charge in [-0.25, -0.2) is 4.98 Å². The number of nitrogens with one attached hydrogen (secondary N) is 1. The standard InChI is InChI=1S/C13H21N3O2/c1-9(2)18-12-4-6-14-13(16-12)15-8-11-5-7-17-10(11)3/h4,6,9-11H,5,7-8H2,1-3H3,(H,14,15,16). The Labute approximate surface area is 108 Å². The van der Waals surface area contributed by atoms with Gasteiger partial charge < -0.3 is 14.8 Å². The van der Waals surface area contributed by atoms with E-state index in [9.17, 15) is 0 Å². The molecule has 0 amide bonds. The fourth-order valence-corrected chi connectivity index (χ4v) is 2.00. The van der Waals surface area contributed by atoms with E-state index in [4.69, 9.17) is 9.47 Å². The Hall–Kier alpha value is -1.36. The summed E-state index contributed by atoms with van der Waals surface area (Å²) < 4.78 is 11.1. The van der Waals surface area contributed by atoms with E-state index in [0.717, 1.165) is 19.6 Å². The molecular formula is C13H21N3O2. The summed E-state index contributed by atoms with van der Waals surface area (Å²) in [4.78, 5) is 8.50. The van der Waals surface area contributed by atoms with Gasteiger partial charge in [0.15, 0.2) is 0 Å². The van der Waals surface area contributed by atoms with Crippen LogP contribution < -0.4 is 10.1 Å². The zero-order valence-corrected chi connectivity index (χ0v) is 11.2. The van der Waals surface area contributed by atoms with E-state index >= 15 is 0 Å². The second-order valence-electron chi connectivity index (χ2n) is 4.89. The summed E-state index contributed by atoms with van der Waals surface area (Å²) in [5, 5.41) is 3.25. The molecule has 1 aromatic rings. The smallest absolute Gasteiger partial charge is 0.225 e. The van der Waals surface area contributed by atoms with Crippen molar-refractivity contribution in [3.05, 3.63) is 12.3 Å². The lowest BCUT2D eigenvalue weighted by atomic mass is 10.0. The summed E-state index contributed by atoms with van der Waals surface area (Å²) >= 11 is 0. The van der Waals surface area contributed by atoms with Crippen LogP contribution in [-0.4, -0.2) is 35.3 Å². The van der Waals surface area contributed by atoms with Crippen molar-refractivity contribution in [1.82, 2.24) is 9.97 Å². The lowest BCUT2D eigenvalue weighted by Gasteiger charge is -2.15. The Morgan fingerprint density at radius 3 is 3.06 bits per heavy atom. The highest BCUT2D eigenvalue weighted by Crippen LogP contribution is 2.20. The van der Waals surface area contributed by atoms with Gasteiger partial charge in [-0.05, 0) is 27.2 Å². The molecule has 0 spiro atoms. The lowest BCUT2D eigenvalue weighted by molar-refractivity contribution is 0.108. The van der Waals surface area contributed by atoms with Crippen LogP contribution in [0.25, 0.3) is 0 Å². The van der Waals surface area contributed by atoms with Crippen molar-refractivity contribution in [2.75, 3.05) is 18.5 Å². The van der Waals surface area contributed by atoms with E-state index in [1.54, 1.807) is 12.3 Å². The summed E-state index contributed by atoms with van der Waals surface area (Å²) in [6.07, 6.45) is 3.24. The highest BCUT2D eigenvalue weighted by Gasteiger charge is 2.23. The number of rotatable bonds is 5. The molecule has 2 heterocycles. The second kappa shape index (κ2) is 6.00. The quantitative estimate of drug-likeness (QED) is 0.868. The molecule has 2 atom stereocenters. The van der Waals surface area contributed by atoms with Gasteiger partial charge in [0.25, 0.3) is 0 Å². The number of aromatic nitrogens is 2. The first-order valence-corrected chi connectivity index (χ1v) is 6.50. The first-order valence-electron chi connectivity index (χ1n) is 6.50. The molecule has 2 unspecified atom stereocenters. The predicted octanol–water partition coefficient (Wildman–Crippen LogP) is 2.10. The average molecular weight is 251 g/mol. The SMILES string of the molecule is CC(C)Oc1ccnc(NCC2CCOC2C)n1. The molecule has 1 aromatic heterocycles. The zero-order valence-electron chi connectivity index (χ0n) is 11.2. The number of anilines is 1. The van der Waals surface area contributed by atoms with Crippen LogP contribution in [0.2, 0.25) is 0 Å². The summed E-state index contributed by atoms with van der Waals surface area (Å²) in [6.45, 7) is 7.76. The van der Waals surface area contributed by atoms with E-state index in [-0.39, 0.29) is 6.10 Å². The van der Waals surface area contributed by atoms with Crippen LogP contribution in [0.5, 0.6) is 5.88 Å². The molecule has 0 aromatic carbocycles. The van der Waals surface area contributed by atoms with Gasteiger partial charge in [0, 0.05) is 31.3 Å². The van der Waals surface area contributed by atoms with Gasteiger partial charge in [0.1, 0.15) is 0 Å². The Bertz CT molecular complexity index is 384. The Morgan fingerprint density at radius 2 is 2.39 bits per heavy atom. The third kappa shape index (κ3) is 3.57. The van der Waals surface area contributed by atoms with Gasteiger partial charge in [-0.15, -0.1) is 0 Å². The zero-order chi connectivity index (χ0) is 13.0. The molecule has 5 nitrogen and oxygen atoms in total. The van der Waals surface area contributed by atoms with E-state index < -0.39 is 0 Å². The molecule has 0 radical (unpaired) electrons. The second-order valence-corrected chi connectivity index (χ2v) is 4.89. The van der Waals surface area contributed by atoms with Gasteiger partial charge >= 0.3 is 0 Å². The molecule has 0 aliphatic carbocycles. The molecule has 2 rings (SSSR count). The van der Waals surface area contributed by atoms with Crippen molar-refractivity contribution in [1.29, 1.82) is 0 Å². The molecule has 100 valence electrons. The van der Waals surface area contributed by atoms with E-state index in [2.05, 4.69) is 22.2 Å². The van der Waals surface area contributed by atoms with Crippen LogP contribution in [0.3, 0.4) is 0 Å². The van der Waals surface area contributed by atoms with Gasteiger partial charge in [0.05, 0.1) is 12.2 Å². The molecule has 1 N–H and O–H groups in total. The number of hydrogen-bond acceptors (Lipinski definition) is 5. The minimum atomic E-state index is 0.121. The van der Waals surface area contributed by atoms with Crippen LogP contribution >= 0.6 is 0 Å². The molecule has 18 heavy (non-hydrogen) atoms. The minimum absolute atomic E-state index is 0.121. The maximum atomic E-state index is 5.53. The number of hydrogen-bond donors (Lipinski definition) is 1. The fourth-order valence-electron chi connectivity index (χ4n) is 2.00. The maximum absolute atomic E-state index is 5.53. The van der Waals surface area contributed by atoms with E-state index in [1.807, 2.05) is 13.8 Å². The van der Waals surface area contributed by atoms with Gasteiger partial charge in [-0.3, -0.25) is 0 Å². The largest absolute Gasteiger partial charge is 0.475 e. The van der Waals surface area contributed by atoms with E-state index in [1.165, 1.54) is 0 Å². The molecule has 5 heteroatoms. The van der Waals surface area contributed by atoms with Crippen molar-refractivity contribution in [2.24, 2.45) is 5.92 Å². The summed E-state index contributed by atoms with van der Waals surface area (Å²) in [6, 6.07) is 1.77. The Morgan fingerprint density at radius 1 is 1.56 bits per heavy atom. The van der Waals surface area contributed by atoms with Crippen molar-refractivity contribution in [3.8, 4) is 5.88 Å². The minimum Gasteiger partial charge on any atom is -0.475 e. The monoisotopic (exact) mass is 251 g/mol. The first kappa shape index (κ1) is 13.1. The van der Waals surface area contributed by atoms with Crippen LogP contribution in [-0.2, 0) is 4.74 Å². The highest BCUT2D eigenvalue weighted by atomic mass is 16.5. The van der Waals surface area contributed by atoms with Crippen LogP contribution in [0.4, 0.5) is 5.95 Å². The molecule has 1 saturated heterocycles. The molecule has 1 fully saturated rings. The molecule has 1 aliphatic rings. The van der Waals surface area contributed by atoms with Crippen LogP contribution in [0, 0.1) is 5.92 Å². The molecule has 0 saturated carbocycles. The summed E-state index contributed by atoms with van der Waals surface area (Å²) in [7, 11) is 0. The lowest BCUT2D eigenvalue weighted by Crippen LogP contribution is -2.21. The van der Waals surface area contributed by atoms with Crippen LogP contribution in [0.1, 0.15) is 27.2 Å². The number of ether oxygens (including phenoxy) is 2. The molecule has 1 aliphatic heterocycles. The highest BCUT2D eigenvalue weighted by molar-refractivity contribution is 5.27. The number of nitrogens with zero attached hydrogens (tertiary/aromatic N) is 2. The van der Waals surface area contributed by atoms with Crippen molar-refractivity contribution < 1.29 is 9.47 Å². The topological polar surface area (TPSA) is 56.3 Å². The van der Waals surface area contributed by atoms with Crippen molar-refractivity contribution in [3.63, 3.8) is 0 Å². The third-order valence-corrected chi connectivity index (χ3v) is 3.04.